The summed E-state index contributed by atoms with van der Waals surface area (Å²) in [5.41, 5.74) is 18.3. The van der Waals surface area contributed by atoms with Gasteiger partial charge in [0.1, 0.15) is 11.5 Å². The lowest BCUT2D eigenvalue weighted by atomic mass is 9.81. The molecule has 0 saturated carbocycles. The minimum Gasteiger partial charge on any atom is -0.455 e. The number of nitrogens with zero attached hydrogens (tertiary/aromatic N) is 2. The van der Waals surface area contributed by atoms with Gasteiger partial charge in [0.05, 0.1) is 11.0 Å². The zero-order valence-corrected chi connectivity index (χ0v) is 35.7. The SMILES string of the molecule is CC1(C)c2cc(N(c3ccc(-c4ccccc4)cc3)c3ccc(-c4ccc5c(c4)c4ccccc4n5-c4ccccc4)cc3)ccc2-c2c(-c3ccccc3)oc(-c3ccccc3)c21. The molecular formula is C61H44N2O. The quantitative estimate of drug-likeness (QED) is 0.152. The lowest BCUT2D eigenvalue weighted by Crippen LogP contribution is -2.17. The summed E-state index contributed by atoms with van der Waals surface area (Å²) in [6.45, 7) is 4.69. The molecule has 64 heavy (non-hydrogen) atoms. The molecule has 0 amide bonds. The Morgan fingerprint density at radius 2 is 0.875 bits per heavy atom. The second-order valence-electron chi connectivity index (χ2n) is 17.3. The van der Waals surface area contributed by atoms with Crippen molar-refractivity contribution in [1.29, 1.82) is 0 Å². The summed E-state index contributed by atoms with van der Waals surface area (Å²) < 4.78 is 9.29. The van der Waals surface area contributed by atoms with Crippen molar-refractivity contribution in [2.45, 2.75) is 19.3 Å². The minimum atomic E-state index is -0.336. The molecule has 0 N–H and O–H groups in total. The predicted octanol–water partition coefficient (Wildman–Crippen LogP) is 16.8. The average Bonchev–Trinajstić information content (AvgIpc) is 4.00. The molecule has 0 spiro atoms. The van der Waals surface area contributed by atoms with Crippen LogP contribution < -0.4 is 4.90 Å². The van der Waals surface area contributed by atoms with Crippen LogP contribution >= 0.6 is 0 Å². The molecule has 0 aliphatic heterocycles. The number of hydrogen-bond donors (Lipinski definition) is 0. The third-order valence-corrected chi connectivity index (χ3v) is 13.2. The van der Waals surface area contributed by atoms with E-state index in [9.17, 15) is 0 Å². The fourth-order valence-corrected chi connectivity index (χ4v) is 10.1. The molecule has 0 radical (unpaired) electrons. The van der Waals surface area contributed by atoms with E-state index in [1.54, 1.807) is 0 Å². The highest BCUT2D eigenvalue weighted by molar-refractivity contribution is 6.10. The van der Waals surface area contributed by atoms with Crippen LogP contribution in [0.4, 0.5) is 17.1 Å². The fourth-order valence-electron chi connectivity index (χ4n) is 10.1. The summed E-state index contributed by atoms with van der Waals surface area (Å²) in [5, 5.41) is 2.49. The van der Waals surface area contributed by atoms with Crippen molar-refractivity contribution >= 4 is 38.9 Å². The number of fused-ring (bicyclic) bond motifs is 6. The maximum Gasteiger partial charge on any atom is 0.142 e. The second kappa shape index (κ2) is 15.0. The van der Waals surface area contributed by atoms with Crippen molar-refractivity contribution in [3.05, 3.63) is 242 Å². The number of furan rings is 1. The first kappa shape index (κ1) is 37.6. The van der Waals surface area contributed by atoms with Gasteiger partial charge in [-0.05, 0) is 100 Å². The van der Waals surface area contributed by atoms with Gasteiger partial charge >= 0.3 is 0 Å². The van der Waals surface area contributed by atoms with Gasteiger partial charge < -0.3 is 13.9 Å². The van der Waals surface area contributed by atoms with Gasteiger partial charge in [-0.25, -0.2) is 0 Å². The molecule has 2 aromatic heterocycles. The number of rotatable bonds is 8. The molecule has 0 unspecified atom stereocenters. The maximum atomic E-state index is 6.92. The van der Waals surface area contributed by atoms with Gasteiger partial charge in [0.25, 0.3) is 0 Å². The first-order chi connectivity index (χ1) is 31.5. The van der Waals surface area contributed by atoms with E-state index in [0.29, 0.717) is 0 Å². The molecule has 0 saturated heterocycles. The molecule has 2 heterocycles. The number of benzene rings is 9. The standard InChI is InChI=1S/C61H44N2O/c1-61(2)54-40-50(36-37-52(54)57-58(61)60(45-21-11-5-12-22-45)64-59(57)44-19-9-4-10-20-44)62(48-32-27-42(28-33-48)41-17-7-3-8-18-41)49-34-29-43(30-35-49)46-31-38-56-53(39-46)51-25-15-16-26-55(51)63(56)47-23-13-6-14-24-47/h3-40H,1-2H3. The highest BCUT2D eigenvalue weighted by Crippen LogP contribution is 2.58. The molecule has 11 aromatic rings. The Bertz CT molecular complexity index is 3470. The van der Waals surface area contributed by atoms with Crippen molar-refractivity contribution < 1.29 is 4.42 Å². The highest BCUT2D eigenvalue weighted by Gasteiger charge is 2.43. The summed E-state index contributed by atoms with van der Waals surface area (Å²) in [6.07, 6.45) is 0. The van der Waals surface area contributed by atoms with Crippen LogP contribution in [0.3, 0.4) is 0 Å². The molecule has 0 fully saturated rings. The van der Waals surface area contributed by atoms with E-state index in [0.717, 1.165) is 45.4 Å². The maximum absolute atomic E-state index is 6.92. The van der Waals surface area contributed by atoms with Crippen LogP contribution in [-0.4, -0.2) is 4.57 Å². The predicted molar refractivity (Wildman–Crippen MR) is 267 cm³/mol. The van der Waals surface area contributed by atoms with Crippen LogP contribution in [-0.2, 0) is 5.41 Å². The second-order valence-corrected chi connectivity index (χ2v) is 17.3. The largest absolute Gasteiger partial charge is 0.455 e. The van der Waals surface area contributed by atoms with Gasteiger partial charge in [-0.3, -0.25) is 0 Å². The van der Waals surface area contributed by atoms with Crippen molar-refractivity contribution in [3.8, 4) is 61.7 Å². The topological polar surface area (TPSA) is 21.3 Å². The summed E-state index contributed by atoms with van der Waals surface area (Å²) in [6, 6.07) is 83.0. The molecule has 1 aliphatic carbocycles. The van der Waals surface area contributed by atoms with E-state index in [2.05, 4.69) is 254 Å². The minimum absolute atomic E-state index is 0.336. The molecule has 1 aliphatic rings. The van der Waals surface area contributed by atoms with Crippen molar-refractivity contribution in [1.82, 2.24) is 4.57 Å². The molecule has 0 bridgehead atoms. The molecule has 3 nitrogen and oxygen atoms in total. The Labute approximate surface area is 373 Å². The number of anilines is 3. The Kier molecular flexibility index (Phi) is 8.84. The average molecular weight is 821 g/mol. The first-order valence-corrected chi connectivity index (χ1v) is 22.1. The zero-order chi connectivity index (χ0) is 42.8. The van der Waals surface area contributed by atoms with E-state index in [1.165, 1.54) is 66.3 Å². The Morgan fingerprint density at radius 3 is 1.52 bits per heavy atom. The van der Waals surface area contributed by atoms with Crippen molar-refractivity contribution in [2.24, 2.45) is 0 Å². The molecule has 9 aromatic carbocycles. The monoisotopic (exact) mass is 820 g/mol. The lowest BCUT2D eigenvalue weighted by molar-refractivity contribution is 0.575. The van der Waals surface area contributed by atoms with Gasteiger partial charge in [-0.15, -0.1) is 0 Å². The lowest BCUT2D eigenvalue weighted by Gasteiger charge is -2.28. The van der Waals surface area contributed by atoms with Crippen LogP contribution in [0.2, 0.25) is 0 Å². The van der Waals surface area contributed by atoms with Crippen molar-refractivity contribution in [2.75, 3.05) is 4.90 Å². The first-order valence-electron chi connectivity index (χ1n) is 22.1. The molecule has 0 atom stereocenters. The van der Waals surface area contributed by atoms with Gasteiger partial charge in [0, 0.05) is 61.2 Å². The smallest absolute Gasteiger partial charge is 0.142 e. The molecule has 3 heteroatoms. The van der Waals surface area contributed by atoms with E-state index < -0.39 is 0 Å². The van der Waals surface area contributed by atoms with Gasteiger partial charge in [0.2, 0.25) is 0 Å². The third-order valence-electron chi connectivity index (χ3n) is 13.2. The van der Waals surface area contributed by atoms with E-state index in [-0.39, 0.29) is 5.41 Å². The third kappa shape index (κ3) is 6.12. The van der Waals surface area contributed by atoms with Gasteiger partial charge in [0.15, 0.2) is 0 Å². The number of hydrogen-bond acceptors (Lipinski definition) is 2. The Morgan fingerprint density at radius 1 is 0.391 bits per heavy atom. The van der Waals surface area contributed by atoms with E-state index >= 15 is 0 Å². The van der Waals surface area contributed by atoms with Crippen molar-refractivity contribution in [3.63, 3.8) is 0 Å². The summed E-state index contributed by atoms with van der Waals surface area (Å²) in [7, 11) is 0. The summed E-state index contributed by atoms with van der Waals surface area (Å²) in [5.74, 6) is 1.85. The Balaban J connectivity index is 0.979. The Hall–Kier alpha value is -8.14. The van der Waals surface area contributed by atoms with Crippen LogP contribution in [0.1, 0.15) is 25.0 Å². The van der Waals surface area contributed by atoms with Crippen LogP contribution in [0.5, 0.6) is 0 Å². The van der Waals surface area contributed by atoms with Gasteiger partial charge in [-0.1, -0.05) is 178 Å². The molecule has 304 valence electrons. The summed E-state index contributed by atoms with van der Waals surface area (Å²) in [4.78, 5) is 2.40. The van der Waals surface area contributed by atoms with Gasteiger partial charge in [-0.2, -0.15) is 0 Å². The number of aromatic nitrogens is 1. The van der Waals surface area contributed by atoms with Crippen LogP contribution in [0, 0.1) is 0 Å². The number of para-hydroxylation sites is 2. The normalized spacial score (nSPS) is 12.7. The highest BCUT2D eigenvalue weighted by atomic mass is 16.3. The molecular weight excluding hydrogens is 777 g/mol. The fraction of sp³-hybridized carbons (Fsp3) is 0.0492. The van der Waals surface area contributed by atoms with E-state index in [1.807, 2.05) is 0 Å². The van der Waals surface area contributed by atoms with Crippen LogP contribution in [0.15, 0.2) is 235 Å². The van der Waals surface area contributed by atoms with Crippen LogP contribution in [0.25, 0.3) is 83.5 Å². The summed E-state index contributed by atoms with van der Waals surface area (Å²) >= 11 is 0. The zero-order valence-electron chi connectivity index (χ0n) is 35.7. The molecule has 12 rings (SSSR count). The van der Waals surface area contributed by atoms with E-state index in [4.69, 9.17) is 4.42 Å².